The highest BCUT2D eigenvalue weighted by molar-refractivity contribution is 5.33. The van der Waals surface area contributed by atoms with Crippen LogP contribution in [0.2, 0.25) is 0 Å². The van der Waals surface area contributed by atoms with Crippen LogP contribution in [0.5, 0.6) is 0 Å². The van der Waals surface area contributed by atoms with Crippen molar-refractivity contribution in [2.45, 2.75) is 45.1 Å². The van der Waals surface area contributed by atoms with Crippen LogP contribution in [0.4, 0.5) is 0 Å². The van der Waals surface area contributed by atoms with E-state index in [9.17, 15) is 0 Å². The maximum Gasteiger partial charge on any atom is 0.0451 e. The Kier molecular flexibility index (Phi) is 2.11. The minimum absolute atomic E-state index is 0.189. The van der Waals surface area contributed by atoms with Gasteiger partial charge in [-0.15, -0.1) is 0 Å². The first-order valence-corrected chi connectivity index (χ1v) is 5.20. The minimum Gasteiger partial charge on any atom is -0.327 e. The molecule has 2 heteroatoms. The van der Waals surface area contributed by atoms with E-state index in [4.69, 9.17) is 5.73 Å². The van der Waals surface area contributed by atoms with E-state index in [0.29, 0.717) is 0 Å². The molecule has 0 bridgehead atoms. The molecule has 1 aliphatic carbocycles. The Balaban J connectivity index is 2.38. The van der Waals surface area contributed by atoms with Crippen molar-refractivity contribution in [2.75, 3.05) is 0 Å². The summed E-state index contributed by atoms with van der Waals surface area (Å²) < 4.78 is 0. The van der Waals surface area contributed by atoms with Gasteiger partial charge in [-0.05, 0) is 23.0 Å². The van der Waals surface area contributed by atoms with E-state index in [1.54, 1.807) is 0 Å². The van der Waals surface area contributed by atoms with Gasteiger partial charge in [-0.1, -0.05) is 26.8 Å². The van der Waals surface area contributed by atoms with Gasteiger partial charge in [0.05, 0.1) is 0 Å². The summed E-state index contributed by atoms with van der Waals surface area (Å²) in [7, 11) is 0. The summed E-state index contributed by atoms with van der Waals surface area (Å²) in [6, 6.07) is 2.56. The topological polar surface area (TPSA) is 38.9 Å². The zero-order chi connectivity index (χ0) is 10.3. The van der Waals surface area contributed by atoms with Gasteiger partial charge in [0, 0.05) is 24.4 Å². The van der Waals surface area contributed by atoms with Crippen LogP contribution in [-0.4, -0.2) is 11.0 Å². The van der Waals surface area contributed by atoms with Crippen LogP contribution < -0.4 is 5.73 Å². The number of nitrogens with zero attached hydrogens (tertiary/aromatic N) is 1. The van der Waals surface area contributed by atoms with Crippen LogP contribution >= 0.6 is 0 Å². The molecule has 1 aromatic heterocycles. The van der Waals surface area contributed by atoms with Gasteiger partial charge < -0.3 is 5.73 Å². The molecule has 0 aromatic carbocycles. The van der Waals surface area contributed by atoms with Crippen LogP contribution in [0.1, 0.15) is 37.6 Å². The fourth-order valence-electron chi connectivity index (χ4n) is 1.91. The van der Waals surface area contributed by atoms with Crippen LogP contribution in [0.25, 0.3) is 0 Å². The predicted octanol–water partition coefficient (Wildman–Crippen LogP) is 1.80. The SMILES string of the molecule is CC(C)(C)c1cnc2c(c1)CC(N)C2. The molecule has 0 aliphatic heterocycles. The number of rotatable bonds is 0. The van der Waals surface area contributed by atoms with Gasteiger partial charge in [0.25, 0.3) is 0 Å². The zero-order valence-electron chi connectivity index (χ0n) is 9.17. The van der Waals surface area contributed by atoms with E-state index in [-0.39, 0.29) is 11.5 Å². The van der Waals surface area contributed by atoms with Gasteiger partial charge in [0.2, 0.25) is 0 Å². The van der Waals surface area contributed by atoms with Crippen molar-refractivity contribution in [1.82, 2.24) is 4.98 Å². The molecule has 2 rings (SSSR count). The molecular formula is C12H18N2. The van der Waals surface area contributed by atoms with Gasteiger partial charge in [-0.25, -0.2) is 0 Å². The molecule has 0 saturated carbocycles. The molecule has 0 saturated heterocycles. The lowest BCUT2D eigenvalue weighted by atomic mass is 9.87. The smallest absolute Gasteiger partial charge is 0.0451 e. The number of nitrogens with two attached hydrogens (primary N) is 1. The lowest BCUT2D eigenvalue weighted by Crippen LogP contribution is -2.19. The maximum atomic E-state index is 5.90. The van der Waals surface area contributed by atoms with Crippen LogP contribution in [0, 0.1) is 0 Å². The summed E-state index contributed by atoms with van der Waals surface area (Å²) in [6.45, 7) is 6.64. The first-order chi connectivity index (χ1) is 6.47. The predicted molar refractivity (Wildman–Crippen MR) is 58.3 cm³/mol. The second kappa shape index (κ2) is 3.06. The van der Waals surface area contributed by atoms with E-state index in [1.807, 2.05) is 6.20 Å². The molecule has 76 valence electrons. The minimum atomic E-state index is 0.189. The summed E-state index contributed by atoms with van der Waals surface area (Å²) in [5.41, 5.74) is 9.96. The van der Waals surface area contributed by atoms with Crippen molar-refractivity contribution >= 4 is 0 Å². The molecule has 0 amide bonds. The van der Waals surface area contributed by atoms with Crippen molar-refractivity contribution in [3.63, 3.8) is 0 Å². The lowest BCUT2D eigenvalue weighted by Gasteiger charge is -2.19. The summed E-state index contributed by atoms with van der Waals surface area (Å²) in [5.74, 6) is 0. The normalized spacial score (nSPS) is 21.0. The third-order valence-corrected chi connectivity index (χ3v) is 2.86. The Bertz CT molecular complexity index is 350. The van der Waals surface area contributed by atoms with Crippen molar-refractivity contribution < 1.29 is 0 Å². The van der Waals surface area contributed by atoms with E-state index in [2.05, 4.69) is 31.8 Å². The van der Waals surface area contributed by atoms with E-state index >= 15 is 0 Å². The second-order valence-corrected chi connectivity index (χ2v) is 5.25. The van der Waals surface area contributed by atoms with Crippen molar-refractivity contribution in [1.29, 1.82) is 0 Å². The fraction of sp³-hybridized carbons (Fsp3) is 0.583. The molecule has 2 nitrogen and oxygen atoms in total. The number of aromatic nitrogens is 1. The van der Waals surface area contributed by atoms with Gasteiger partial charge in [-0.2, -0.15) is 0 Å². The summed E-state index contributed by atoms with van der Waals surface area (Å²) in [5, 5.41) is 0. The summed E-state index contributed by atoms with van der Waals surface area (Å²) in [6.07, 6.45) is 3.93. The maximum absolute atomic E-state index is 5.90. The van der Waals surface area contributed by atoms with E-state index in [1.165, 1.54) is 16.8 Å². The lowest BCUT2D eigenvalue weighted by molar-refractivity contribution is 0.586. The Morgan fingerprint density at radius 2 is 2.07 bits per heavy atom. The van der Waals surface area contributed by atoms with Crippen molar-refractivity contribution in [2.24, 2.45) is 5.73 Å². The summed E-state index contributed by atoms with van der Waals surface area (Å²) in [4.78, 5) is 4.50. The largest absolute Gasteiger partial charge is 0.327 e. The highest BCUT2D eigenvalue weighted by atomic mass is 14.7. The number of fused-ring (bicyclic) bond motifs is 1. The molecule has 1 heterocycles. The van der Waals surface area contributed by atoms with Gasteiger partial charge in [0.1, 0.15) is 0 Å². The second-order valence-electron chi connectivity index (χ2n) is 5.25. The molecule has 1 aromatic rings. The number of hydrogen-bond donors (Lipinski definition) is 1. The van der Waals surface area contributed by atoms with Gasteiger partial charge >= 0.3 is 0 Å². The standard InChI is InChI=1S/C12H18N2/c1-12(2,3)9-4-8-5-10(13)6-11(8)14-7-9/h4,7,10H,5-6,13H2,1-3H3. The molecule has 14 heavy (non-hydrogen) atoms. The molecule has 2 N–H and O–H groups in total. The molecule has 1 aliphatic rings. The quantitative estimate of drug-likeness (QED) is 0.677. The van der Waals surface area contributed by atoms with Crippen molar-refractivity contribution in [3.8, 4) is 0 Å². The van der Waals surface area contributed by atoms with Gasteiger partial charge in [0.15, 0.2) is 0 Å². The molecular weight excluding hydrogens is 172 g/mol. The Labute approximate surface area is 85.5 Å². The third-order valence-electron chi connectivity index (χ3n) is 2.86. The molecule has 0 fully saturated rings. The molecule has 1 unspecified atom stereocenters. The van der Waals surface area contributed by atoms with Crippen molar-refractivity contribution in [3.05, 3.63) is 29.1 Å². The number of hydrogen-bond acceptors (Lipinski definition) is 2. The van der Waals surface area contributed by atoms with Crippen LogP contribution in [-0.2, 0) is 18.3 Å². The summed E-state index contributed by atoms with van der Waals surface area (Å²) >= 11 is 0. The van der Waals surface area contributed by atoms with E-state index in [0.717, 1.165) is 12.8 Å². The Morgan fingerprint density at radius 1 is 1.36 bits per heavy atom. The zero-order valence-corrected chi connectivity index (χ0v) is 9.17. The number of pyridine rings is 1. The fourth-order valence-corrected chi connectivity index (χ4v) is 1.91. The monoisotopic (exact) mass is 190 g/mol. The highest BCUT2D eigenvalue weighted by Crippen LogP contribution is 2.26. The first kappa shape index (κ1) is 9.66. The third kappa shape index (κ3) is 1.67. The average Bonchev–Trinajstić information content (AvgIpc) is 2.41. The highest BCUT2D eigenvalue weighted by Gasteiger charge is 2.22. The Hall–Kier alpha value is -0.890. The molecule has 1 atom stereocenters. The van der Waals surface area contributed by atoms with Crippen LogP contribution in [0.15, 0.2) is 12.3 Å². The van der Waals surface area contributed by atoms with Crippen LogP contribution in [0.3, 0.4) is 0 Å². The Morgan fingerprint density at radius 3 is 2.71 bits per heavy atom. The molecule has 0 radical (unpaired) electrons. The first-order valence-electron chi connectivity index (χ1n) is 5.20. The molecule has 0 spiro atoms. The average molecular weight is 190 g/mol. The van der Waals surface area contributed by atoms with E-state index < -0.39 is 0 Å². The van der Waals surface area contributed by atoms with Gasteiger partial charge in [-0.3, -0.25) is 4.98 Å².